The highest BCUT2D eigenvalue weighted by Gasteiger charge is 2.62. The molecular formula is C19H25N5O. The van der Waals surface area contributed by atoms with Crippen LogP contribution < -0.4 is 15.2 Å². The lowest BCUT2D eigenvalue weighted by Gasteiger charge is -2.39. The number of pyridine rings is 1. The molecular weight excluding hydrogens is 314 g/mol. The first-order chi connectivity index (χ1) is 12.2. The summed E-state index contributed by atoms with van der Waals surface area (Å²) in [5.41, 5.74) is 5.35. The number of carbonyl (C=O) groups excluding carboxylic acids is 1. The van der Waals surface area contributed by atoms with Gasteiger partial charge in [0.1, 0.15) is 5.84 Å². The van der Waals surface area contributed by atoms with Gasteiger partial charge in [0.05, 0.1) is 5.69 Å². The first-order valence-corrected chi connectivity index (χ1v) is 9.56. The summed E-state index contributed by atoms with van der Waals surface area (Å²) in [6.45, 7) is 4.92. The van der Waals surface area contributed by atoms with Crippen molar-refractivity contribution in [2.24, 2.45) is 16.4 Å². The van der Waals surface area contributed by atoms with E-state index in [9.17, 15) is 4.79 Å². The van der Waals surface area contributed by atoms with Gasteiger partial charge in [-0.05, 0) is 56.6 Å². The molecule has 2 saturated carbocycles. The highest BCUT2D eigenvalue weighted by Crippen LogP contribution is 2.63. The van der Waals surface area contributed by atoms with Crippen LogP contribution in [0.25, 0.3) is 0 Å². The summed E-state index contributed by atoms with van der Waals surface area (Å²) >= 11 is 0. The van der Waals surface area contributed by atoms with E-state index in [0.717, 1.165) is 48.2 Å². The summed E-state index contributed by atoms with van der Waals surface area (Å²) in [5, 5.41) is 4.67. The number of unbranched alkanes of at least 4 members (excludes halogenated alkanes) is 1. The van der Waals surface area contributed by atoms with Gasteiger partial charge >= 0.3 is 0 Å². The smallest absolute Gasteiger partial charge is 0.272 e. The Bertz CT molecular complexity index is 765. The molecule has 0 radical (unpaired) electrons. The van der Waals surface area contributed by atoms with Crippen molar-refractivity contribution in [2.45, 2.75) is 58.5 Å². The third kappa shape index (κ3) is 2.12. The summed E-state index contributed by atoms with van der Waals surface area (Å²) in [4.78, 5) is 21.9. The molecule has 1 atom stereocenters. The van der Waals surface area contributed by atoms with Crippen molar-refractivity contribution in [1.29, 1.82) is 0 Å². The molecule has 0 aromatic carbocycles. The first kappa shape index (κ1) is 15.2. The molecule has 2 fully saturated rings. The van der Waals surface area contributed by atoms with Crippen LogP contribution in [0.4, 0.5) is 11.5 Å². The zero-order chi connectivity index (χ0) is 17.2. The highest BCUT2D eigenvalue weighted by molar-refractivity contribution is 6.17. The Balaban J connectivity index is 1.58. The second-order valence-corrected chi connectivity index (χ2v) is 7.97. The summed E-state index contributed by atoms with van der Waals surface area (Å²) in [7, 11) is 0. The Morgan fingerprint density at radius 2 is 2.16 bits per heavy atom. The quantitative estimate of drug-likeness (QED) is 0.896. The van der Waals surface area contributed by atoms with E-state index in [0.29, 0.717) is 0 Å². The molecule has 1 aromatic heterocycles. The molecule has 0 spiro atoms. The van der Waals surface area contributed by atoms with Gasteiger partial charge in [0.2, 0.25) is 6.17 Å². The number of hydrazone groups is 1. The van der Waals surface area contributed by atoms with E-state index in [1.807, 2.05) is 18.0 Å². The molecule has 25 heavy (non-hydrogen) atoms. The van der Waals surface area contributed by atoms with E-state index in [2.05, 4.69) is 28.4 Å². The van der Waals surface area contributed by atoms with E-state index >= 15 is 0 Å². The molecule has 1 amide bonds. The summed E-state index contributed by atoms with van der Waals surface area (Å²) < 4.78 is 0. The van der Waals surface area contributed by atoms with Crippen LogP contribution in [-0.4, -0.2) is 29.4 Å². The topological polar surface area (TPSA) is 60.8 Å². The zero-order valence-electron chi connectivity index (χ0n) is 15.0. The number of anilines is 2. The van der Waals surface area contributed by atoms with Gasteiger partial charge in [-0.3, -0.25) is 15.1 Å². The van der Waals surface area contributed by atoms with Crippen LogP contribution in [0.3, 0.4) is 0 Å². The number of aromatic nitrogens is 1. The monoisotopic (exact) mass is 339 g/mol. The Morgan fingerprint density at radius 3 is 2.84 bits per heavy atom. The molecule has 3 heterocycles. The summed E-state index contributed by atoms with van der Waals surface area (Å²) in [5.74, 6) is 2.79. The fourth-order valence-corrected chi connectivity index (χ4v) is 4.42. The highest BCUT2D eigenvalue weighted by atomic mass is 16.2. The van der Waals surface area contributed by atoms with Gasteiger partial charge in [-0.2, -0.15) is 5.10 Å². The maximum atomic E-state index is 13.2. The van der Waals surface area contributed by atoms with E-state index < -0.39 is 6.17 Å². The molecule has 4 aliphatic rings. The van der Waals surface area contributed by atoms with Crippen LogP contribution in [0.5, 0.6) is 0 Å². The molecule has 2 aliphatic carbocycles. The second kappa shape index (κ2) is 5.19. The van der Waals surface area contributed by atoms with Crippen LogP contribution in [0.1, 0.15) is 51.0 Å². The Morgan fingerprint density at radius 1 is 1.36 bits per heavy atom. The molecule has 132 valence electrons. The summed E-state index contributed by atoms with van der Waals surface area (Å²) in [6, 6.07) is 2.10. The average Bonchev–Trinajstić information content (AvgIpc) is 3.51. The minimum Gasteiger partial charge on any atom is -0.305 e. The lowest BCUT2D eigenvalue weighted by Crippen LogP contribution is -2.58. The molecule has 5 rings (SSSR count). The number of fused-ring (bicyclic) bond motifs is 3. The number of carbonyl (C=O) groups is 1. The number of rotatable bonds is 5. The van der Waals surface area contributed by atoms with Gasteiger partial charge in [-0.25, -0.2) is 4.98 Å². The van der Waals surface area contributed by atoms with Crippen LogP contribution in [0, 0.1) is 18.3 Å². The van der Waals surface area contributed by atoms with Crippen LogP contribution in [0.15, 0.2) is 17.4 Å². The molecule has 2 aliphatic heterocycles. The van der Waals surface area contributed by atoms with Crippen molar-refractivity contribution in [3.63, 3.8) is 0 Å². The zero-order valence-corrected chi connectivity index (χ0v) is 15.0. The molecule has 1 unspecified atom stereocenters. The number of aryl methyl sites for hydroxylation is 1. The van der Waals surface area contributed by atoms with E-state index in [4.69, 9.17) is 4.98 Å². The Hall–Kier alpha value is -2.11. The molecule has 6 nitrogen and oxygen atoms in total. The van der Waals surface area contributed by atoms with Crippen molar-refractivity contribution in [2.75, 3.05) is 16.3 Å². The number of nitrogens with zero attached hydrogens (tertiary/aromatic N) is 4. The van der Waals surface area contributed by atoms with Crippen molar-refractivity contribution >= 4 is 23.2 Å². The fourth-order valence-electron chi connectivity index (χ4n) is 4.42. The van der Waals surface area contributed by atoms with Gasteiger partial charge in [-0.1, -0.05) is 13.3 Å². The third-order valence-corrected chi connectivity index (χ3v) is 6.11. The average molecular weight is 339 g/mol. The fraction of sp³-hybridized carbons (Fsp3) is 0.632. The van der Waals surface area contributed by atoms with E-state index in [1.54, 1.807) is 0 Å². The van der Waals surface area contributed by atoms with Gasteiger partial charge in [-0.15, -0.1) is 0 Å². The number of nitrogens with one attached hydrogen (secondary N) is 1. The van der Waals surface area contributed by atoms with Crippen molar-refractivity contribution < 1.29 is 4.79 Å². The Kier molecular flexibility index (Phi) is 3.15. The Labute approximate surface area is 148 Å². The molecule has 1 N–H and O–H groups in total. The number of hydrogen-bond donors (Lipinski definition) is 1. The van der Waals surface area contributed by atoms with E-state index in [1.165, 1.54) is 25.7 Å². The lowest BCUT2D eigenvalue weighted by molar-refractivity contribution is -0.120. The van der Waals surface area contributed by atoms with Gasteiger partial charge in [0, 0.05) is 18.2 Å². The van der Waals surface area contributed by atoms with Crippen LogP contribution in [0.2, 0.25) is 0 Å². The van der Waals surface area contributed by atoms with Gasteiger partial charge < -0.3 is 4.90 Å². The second-order valence-electron chi connectivity index (χ2n) is 7.97. The predicted octanol–water partition coefficient (Wildman–Crippen LogP) is 2.78. The number of amidine groups is 1. The normalized spacial score (nSPS) is 26.1. The van der Waals surface area contributed by atoms with Crippen LogP contribution in [-0.2, 0) is 4.79 Å². The van der Waals surface area contributed by atoms with E-state index in [-0.39, 0.29) is 11.3 Å². The predicted molar refractivity (Wildman–Crippen MR) is 97.5 cm³/mol. The van der Waals surface area contributed by atoms with Gasteiger partial charge in [0.15, 0.2) is 5.82 Å². The summed E-state index contributed by atoms with van der Waals surface area (Å²) in [6.07, 6.45) is 8.50. The number of amides is 1. The largest absolute Gasteiger partial charge is 0.305 e. The van der Waals surface area contributed by atoms with Crippen molar-refractivity contribution in [3.05, 3.63) is 17.8 Å². The molecule has 0 saturated heterocycles. The van der Waals surface area contributed by atoms with Crippen LogP contribution >= 0.6 is 0 Å². The standard InChI is InChI=1S/C19H25N5O/c1-3-4-9-23-14-10-12(2)11-20-15(14)24-16(17(23)25)21-22-18(24)19(7-8-19)13-5-6-13/h10-11,13,16,21H,3-9H2,1-2H3. The number of hydrogen-bond acceptors (Lipinski definition) is 5. The SMILES string of the molecule is CCCCN1C(=O)C2NN=C(C3(C4CC4)CC3)N2c2ncc(C)cc21. The minimum atomic E-state index is -0.425. The molecule has 6 heteroatoms. The van der Waals surface area contributed by atoms with Gasteiger partial charge in [0.25, 0.3) is 5.91 Å². The van der Waals surface area contributed by atoms with Crippen molar-refractivity contribution in [1.82, 2.24) is 10.4 Å². The third-order valence-electron chi connectivity index (χ3n) is 6.11. The maximum absolute atomic E-state index is 13.2. The lowest BCUT2D eigenvalue weighted by atomic mass is 9.97. The first-order valence-electron chi connectivity index (χ1n) is 9.56. The molecule has 1 aromatic rings. The minimum absolute atomic E-state index is 0.0960. The van der Waals surface area contributed by atoms with Crippen molar-refractivity contribution in [3.8, 4) is 0 Å². The maximum Gasteiger partial charge on any atom is 0.272 e. The molecule has 0 bridgehead atoms.